The number of aryl methyl sites for hydroxylation is 2. The second-order valence-corrected chi connectivity index (χ2v) is 12.2. The van der Waals surface area contributed by atoms with E-state index in [0.717, 1.165) is 33.5 Å². The standard InChI is InChI=1S/C38H38N4O3/c1-25(2)34(35-39-32-23-27(4)17-20-33(32)42(35)24-28-11-6-5-7-12-28)40(36(43)29-18-15-26(3)16-19-29)21-10-22-41-37(44)30-13-8-9-14-31(30)38(41)45/h5-9,11-20,23,25,34H,10,21-22,24H2,1-4H3/t34-/m1/s1. The third-order valence-corrected chi connectivity index (χ3v) is 8.57. The van der Waals surface area contributed by atoms with Crippen molar-refractivity contribution in [2.75, 3.05) is 13.1 Å². The summed E-state index contributed by atoms with van der Waals surface area (Å²) in [5, 5.41) is 0. The lowest BCUT2D eigenvalue weighted by Gasteiger charge is -2.35. The van der Waals surface area contributed by atoms with Crippen LogP contribution in [0, 0.1) is 19.8 Å². The third kappa shape index (κ3) is 5.90. The minimum Gasteiger partial charge on any atom is -0.328 e. The summed E-state index contributed by atoms with van der Waals surface area (Å²) in [6.07, 6.45) is 0.435. The summed E-state index contributed by atoms with van der Waals surface area (Å²) in [6, 6.07) is 30.7. The first kappa shape index (κ1) is 30.0. The molecule has 4 aromatic carbocycles. The van der Waals surface area contributed by atoms with E-state index in [1.54, 1.807) is 24.3 Å². The molecule has 5 aromatic rings. The fraction of sp³-hybridized carbons (Fsp3) is 0.263. The molecular weight excluding hydrogens is 560 g/mol. The highest BCUT2D eigenvalue weighted by atomic mass is 16.2. The van der Waals surface area contributed by atoms with Gasteiger partial charge in [0.2, 0.25) is 0 Å². The van der Waals surface area contributed by atoms with Gasteiger partial charge in [0.15, 0.2) is 0 Å². The summed E-state index contributed by atoms with van der Waals surface area (Å²) >= 11 is 0. The van der Waals surface area contributed by atoms with Crippen molar-refractivity contribution in [2.24, 2.45) is 5.92 Å². The molecule has 45 heavy (non-hydrogen) atoms. The fourth-order valence-electron chi connectivity index (χ4n) is 6.28. The second kappa shape index (κ2) is 12.5. The molecule has 1 aliphatic rings. The SMILES string of the molecule is Cc1ccc(C(=O)N(CCCN2C(=O)c3ccccc3C2=O)[C@@H](c2nc3cc(C)ccc3n2Cc2ccccc2)C(C)C)cc1. The predicted octanol–water partition coefficient (Wildman–Crippen LogP) is 7.23. The number of aromatic nitrogens is 2. The number of amides is 3. The van der Waals surface area contributed by atoms with Crippen LogP contribution in [-0.4, -0.2) is 50.2 Å². The number of imide groups is 1. The quantitative estimate of drug-likeness (QED) is 0.159. The topological polar surface area (TPSA) is 75.5 Å². The lowest BCUT2D eigenvalue weighted by Crippen LogP contribution is -2.41. The van der Waals surface area contributed by atoms with E-state index in [1.165, 1.54) is 4.90 Å². The summed E-state index contributed by atoms with van der Waals surface area (Å²) in [5.41, 5.74) is 6.69. The van der Waals surface area contributed by atoms with Crippen molar-refractivity contribution in [1.82, 2.24) is 19.4 Å². The minimum atomic E-state index is -0.364. The van der Waals surface area contributed by atoms with Crippen LogP contribution in [-0.2, 0) is 6.54 Å². The van der Waals surface area contributed by atoms with Crippen LogP contribution in [0.2, 0.25) is 0 Å². The first-order chi connectivity index (χ1) is 21.7. The van der Waals surface area contributed by atoms with Crippen LogP contribution in [0.3, 0.4) is 0 Å². The summed E-state index contributed by atoms with van der Waals surface area (Å²) in [7, 11) is 0. The molecule has 0 unspecified atom stereocenters. The van der Waals surface area contributed by atoms with Gasteiger partial charge in [0.05, 0.1) is 28.2 Å². The van der Waals surface area contributed by atoms with E-state index >= 15 is 0 Å². The highest BCUT2D eigenvalue weighted by Gasteiger charge is 2.36. The van der Waals surface area contributed by atoms with Crippen molar-refractivity contribution in [1.29, 1.82) is 0 Å². The van der Waals surface area contributed by atoms with Gasteiger partial charge in [-0.25, -0.2) is 4.98 Å². The molecule has 2 heterocycles. The molecule has 0 spiro atoms. The first-order valence-electron chi connectivity index (χ1n) is 15.6. The second-order valence-electron chi connectivity index (χ2n) is 12.2. The van der Waals surface area contributed by atoms with Crippen LogP contribution in [0.4, 0.5) is 0 Å². The van der Waals surface area contributed by atoms with Gasteiger partial charge in [-0.3, -0.25) is 19.3 Å². The number of benzene rings is 4. The molecular formula is C38H38N4O3. The molecule has 7 nitrogen and oxygen atoms in total. The Morgan fingerprint density at radius 2 is 1.42 bits per heavy atom. The van der Waals surface area contributed by atoms with E-state index < -0.39 is 0 Å². The molecule has 7 heteroatoms. The number of nitrogens with zero attached hydrogens (tertiary/aromatic N) is 4. The maximum atomic E-state index is 14.4. The molecule has 0 aliphatic carbocycles. The minimum absolute atomic E-state index is 0.0196. The molecule has 0 N–H and O–H groups in total. The van der Waals surface area contributed by atoms with E-state index in [0.29, 0.717) is 36.2 Å². The van der Waals surface area contributed by atoms with Crippen LogP contribution in [0.1, 0.15) is 79.9 Å². The van der Waals surface area contributed by atoms with Crippen molar-refractivity contribution in [3.63, 3.8) is 0 Å². The van der Waals surface area contributed by atoms with Crippen molar-refractivity contribution in [3.8, 4) is 0 Å². The average Bonchev–Trinajstić information content (AvgIpc) is 3.50. The van der Waals surface area contributed by atoms with E-state index in [-0.39, 0.29) is 36.2 Å². The van der Waals surface area contributed by atoms with Gasteiger partial charge in [-0.2, -0.15) is 0 Å². The molecule has 0 saturated carbocycles. The molecule has 1 aliphatic heterocycles. The molecule has 3 amide bonds. The van der Waals surface area contributed by atoms with E-state index in [2.05, 4.69) is 55.7 Å². The summed E-state index contributed by atoms with van der Waals surface area (Å²) < 4.78 is 2.23. The number of carbonyl (C=O) groups excluding carboxylic acids is 3. The Labute approximate surface area is 264 Å². The smallest absolute Gasteiger partial charge is 0.261 e. The van der Waals surface area contributed by atoms with Gasteiger partial charge < -0.3 is 9.47 Å². The average molecular weight is 599 g/mol. The fourth-order valence-corrected chi connectivity index (χ4v) is 6.28. The van der Waals surface area contributed by atoms with E-state index in [9.17, 15) is 14.4 Å². The van der Waals surface area contributed by atoms with Crippen LogP contribution in [0.5, 0.6) is 0 Å². The summed E-state index contributed by atoms with van der Waals surface area (Å²) in [6.45, 7) is 9.45. The predicted molar refractivity (Wildman–Crippen MR) is 176 cm³/mol. The van der Waals surface area contributed by atoms with Gasteiger partial charge in [0.1, 0.15) is 5.82 Å². The Bertz CT molecular complexity index is 1840. The Morgan fingerprint density at radius 1 is 0.800 bits per heavy atom. The lowest BCUT2D eigenvalue weighted by atomic mass is 9.99. The van der Waals surface area contributed by atoms with Gasteiger partial charge in [-0.15, -0.1) is 0 Å². The zero-order chi connectivity index (χ0) is 31.7. The van der Waals surface area contributed by atoms with E-state index in [4.69, 9.17) is 4.98 Å². The van der Waals surface area contributed by atoms with Gasteiger partial charge >= 0.3 is 0 Å². The number of imidazole rings is 1. The maximum absolute atomic E-state index is 14.4. The van der Waals surface area contributed by atoms with Crippen molar-refractivity contribution in [2.45, 2.75) is 46.7 Å². The molecule has 0 radical (unpaired) electrons. The van der Waals surface area contributed by atoms with Crippen LogP contribution >= 0.6 is 0 Å². The van der Waals surface area contributed by atoms with Gasteiger partial charge in [-0.05, 0) is 73.7 Å². The Hall–Kier alpha value is -5.04. The van der Waals surface area contributed by atoms with Crippen LogP contribution in [0.15, 0.2) is 97.1 Å². The molecule has 228 valence electrons. The largest absolute Gasteiger partial charge is 0.328 e. The molecule has 0 fully saturated rings. The first-order valence-corrected chi connectivity index (χ1v) is 15.6. The molecule has 0 bridgehead atoms. The molecule has 0 saturated heterocycles. The number of carbonyl (C=O) groups is 3. The van der Waals surface area contributed by atoms with Crippen molar-refractivity contribution < 1.29 is 14.4 Å². The third-order valence-electron chi connectivity index (χ3n) is 8.57. The number of hydrogen-bond acceptors (Lipinski definition) is 4. The lowest BCUT2D eigenvalue weighted by molar-refractivity contribution is 0.0575. The number of rotatable bonds is 10. The van der Waals surface area contributed by atoms with Gasteiger partial charge in [0, 0.05) is 25.2 Å². The number of fused-ring (bicyclic) bond motifs is 2. The zero-order valence-electron chi connectivity index (χ0n) is 26.2. The normalized spacial score (nSPS) is 13.5. The Kier molecular flexibility index (Phi) is 8.35. The van der Waals surface area contributed by atoms with Crippen LogP contribution in [0.25, 0.3) is 11.0 Å². The molecule has 6 rings (SSSR count). The van der Waals surface area contributed by atoms with Gasteiger partial charge in [-0.1, -0.05) is 80.1 Å². The van der Waals surface area contributed by atoms with Crippen molar-refractivity contribution >= 4 is 28.8 Å². The zero-order valence-corrected chi connectivity index (χ0v) is 26.2. The van der Waals surface area contributed by atoms with Crippen molar-refractivity contribution in [3.05, 3.63) is 136 Å². The molecule has 1 aromatic heterocycles. The van der Waals surface area contributed by atoms with Gasteiger partial charge in [0.25, 0.3) is 17.7 Å². The number of hydrogen-bond donors (Lipinski definition) is 0. The summed E-state index contributed by atoms with van der Waals surface area (Å²) in [5.74, 6) is 0.159. The Balaban J connectivity index is 1.38. The monoisotopic (exact) mass is 598 g/mol. The summed E-state index contributed by atoms with van der Waals surface area (Å²) in [4.78, 5) is 49.0. The Morgan fingerprint density at radius 3 is 2.07 bits per heavy atom. The highest BCUT2D eigenvalue weighted by molar-refractivity contribution is 6.21. The highest BCUT2D eigenvalue weighted by Crippen LogP contribution is 2.34. The molecule has 1 atom stereocenters. The van der Waals surface area contributed by atoms with Crippen LogP contribution < -0.4 is 0 Å². The maximum Gasteiger partial charge on any atom is 0.261 e. The van der Waals surface area contributed by atoms with E-state index in [1.807, 2.05) is 54.3 Å².